The highest BCUT2D eigenvalue weighted by Crippen LogP contribution is 2.34. The highest BCUT2D eigenvalue weighted by molar-refractivity contribution is 5.75. The molecule has 1 aliphatic carbocycles. The van der Waals surface area contributed by atoms with E-state index in [0.29, 0.717) is 11.8 Å². The van der Waals surface area contributed by atoms with Crippen LogP contribution in [-0.4, -0.2) is 31.4 Å². The Morgan fingerprint density at radius 1 is 1.47 bits per heavy atom. The summed E-state index contributed by atoms with van der Waals surface area (Å²) in [6, 6.07) is 0.150. The lowest BCUT2D eigenvalue weighted by Crippen LogP contribution is -2.35. The van der Waals surface area contributed by atoms with E-state index in [2.05, 4.69) is 11.9 Å². The van der Waals surface area contributed by atoms with Crippen molar-refractivity contribution >= 4 is 5.96 Å². The van der Waals surface area contributed by atoms with Gasteiger partial charge in [0.2, 0.25) is 0 Å². The number of halogens is 1. The van der Waals surface area contributed by atoms with Crippen molar-refractivity contribution in [2.24, 2.45) is 28.3 Å². The van der Waals surface area contributed by atoms with Gasteiger partial charge in [0, 0.05) is 0 Å². The lowest BCUT2D eigenvalue weighted by Gasteiger charge is -2.36. The molecular formula is C12H24FN3O. The van der Waals surface area contributed by atoms with Gasteiger partial charge in [0.25, 0.3) is 0 Å². The second kappa shape index (κ2) is 6.79. The molecule has 0 aromatic carbocycles. The molecule has 4 nitrogen and oxygen atoms in total. The van der Waals surface area contributed by atoms with Gasteiger partial charge in [-0.3, -0.25) is 4.99 Å². The van der Waals surface area contributed by atoms with Gasteiger partial charge in [-0.2, -0.15) is 0 Å². The van der Waals surface area contributed by atoms with Crippen LogP contribution in [0.1, 0.15) is 33.1 Å². The third kappa shape index (κ3) is 4.50. The second-order valence-electron chi connectivity index (χ2n) is 4.93. The molecule has 1 rings (SSSR count). The Labute approximate surface area is 103 Å². The topological polar surface area (TPSA) is 73.6 Å². The van der Waals surface area contributed by atoms with Gasteiger partial charge >= 0.3 is 0 Å². The lowest BCUT2D eigenvalue weighted by molar-refractivity contribution is -0.00779. The van der Waals surface area contributed by atoms with Crippen molar-refractivity contribution in [3.8, 4) is 0 Å². The van der Waals surface area contributed by atoms with Gasteiger partial charge in [0.1, 0.15) is 6.67 Å². The summed E-state index contributed by atoms with van der Waals surface area (Å²) < 4.78 is 17.5. The first kappa shape index (κ1) is 14.2. The van der Waals surface area contributed by atoms with Crippen LogP contribution in [0.15, 0.2) is 4.99 Å². The molecule has 0 amide bonds. The van der Waals surface area contributed by atoms with E-state index < -0.39 is 6.67 Å². The molecule has 1 fully saturated rings. The van der Waals surface area contributed by atoms with Crippen molar-refractivity contribution in [3.05, 3.63) is 0 Å². The molecule has 0 aromatic rings. The molecule has 0 radical (unpaired) electrons. The minimum atomic E-state index is -0.404. The van der Waals surface area contributed by atoms with E-state index in [1.807, 2.05) is 6.92 Å². The summed E-state index contributed by atoms with van der Waals surface area (Å²) in [7, 11) is 0. The molecule has 17 heavy (non-hydrogen) atoms. The summed E-state index contributed by atoms with van der Waals surface area (Å²) in [4.78, 5) is 4.21. The summed E-state index contributed by atoms with van der Waals surface area (Å²) >= 11 is 0. The quantitative estimate of drug-likeness (QED) is 0.568. The smallest absolute Gasteiger partial charge is 0.186 e. The fourth-order valence-corrected chi connectivity index (χ4v) is 2.78. The number of rotatable bonds is 5. The van der Waals surface area contributed by atoms with Gasteiger partial charge in [-0.05, 0) is 38.0 Å². The normalized spacial score (nSPS) is 30.9. The maximum Gasteiger partial charge on any atom is 0.186 e. The van der Waals surface area contributed by atoms with Crippen LogP contribution in [0.3, 0.4) is 0 Å². The Morgan fingerprint density at radius 2 is 2.18 bits per heavy atom. The molecule has 3 unspecified atom stereocenters. The summed E-state index contributed by atoms with van der Waals surface area (Å²) in [5.41, 5.74) is 10.8. The van der Waals surface area contributed by atoms with Crippen LogP contribution in [0.4, 0.5) is 4.39 Å². The SMILES string of the molecule is CC1CC(OCCF)CCC1[C@@H](C)N=C(N)N. The molecule has 0 heterocycles. The standard InChI is InChI=1S/C12H24FN3O/c1-8-7-10(17-6-5-13)3-4-11(8)9(2)16-12(14)15/h8-11H,3-7H2,1-2H3,(H4,14,15,16)/t8?,9-,10?,11?/m1/s1. The Balaban J connectivity index is 2.44. The molecule has 4 atom stereocenters. The van der Waals surface area contributed by atoms with Crippen LogP contribution < -0.4 is 11.5 Å². The van der Waals surface area contributed by atoms with Crippen LogP contribution in [0, 0.1) is 11.8 Å². The zero-order valence-corrected chi connectivity index (χ0v) is 10.7. The zero-order chi connectivity index (χ0) is 12.8. The van der Waals surface area contributed by atoms with E-state index in [1.165, 1.54) is 0 Å². The molecule has 0 bridgehead atoms. The molecule has 0 spiro atoms. The van der Waals surface area contributed by atoms with Crippen molar-refractivity contribution in [1.82, 2.24) is 0 Å². The monoisotopic (exact) mass is 245 g/mol. The highest BCUT2D eigenvalue weighted by atomic mass is 19.1. The van der Waals surface area contributed by atoms with E-state index in [4.69, 9.17) is 16.2 Å². The summed E-state index contributed by atoms with van der Waals surface area (Å²) in [6.45, 7) is 4.04. The van der Waals surface area contributed by atoms with Crippen LogP contribution in [0.2, 0.25) is 0 Å². The van der Waals surface area contributed by atoms with Crippen LogP contribution in [-0.2, 0) is 4.74 Å². The molecule has 100 valence electrons. The number of alkyl halides is 1. The average Bonchev–Trinajstić information content (AvgIpc) is 2.25. The Bertz CT molecular complexity index is 256. The maximum absolute atomic E-state index is 12.0. The Hall–Kier alpha value is -0.840. The third-order valence-corrected chi connectivity index (χ3v) is 3.59. The minimum absolute atomic E-state index is 0.150. The van der Waals surface area contributed by atoms with E-state index >= 15 is 0 Å². The Kier molecular flexibility index (Phi) is 5.68. The van der Waals surface area contributed by atoms with E-state index in [9.17, 15) is 4.39 Å². The number of nitrogens with zero attached hydrogens (tertiary/aromatic N) is 1. The first-order valence-electron chi connectivity index (χ1n) is 6.31. The highest BCUT2D eigenvalue weighted by Gasteiger charge is 2.31. The average molecular weight is 245 g/mol. The largest absolute Gasteiger partial charge is 0.376 e. The van der Waals surface area contributed by atoms with Crippen molar-refractivity contribution in [2.75, 3.05) is 13.3 Å². The fraction of sp³-hybridized carbons (Fsp3) is 0.917. The molecular weight excluding hydrogens is 221 g/mol. The van der Waals surface area contributed by atoms with Crippen LogP contribution in [0.5, 0.6) is 0 Å². The molecule has 1 aliphatic rings. The van der Waals surface area contributed by atoms with Gasteiger partial charge in [-0.25, -0.2) is 4.39 Å². The van der Waals surface area contributed by atoms with Gasteiger partial charge in [-0.1, -0.05) is 6.92 Å². The summed E-state index contributed by atoms with van der Waals surface area (Å²) in [6.07, 6.45) is 3.17. The molecule has 5 heteroatoms. The van der Waals surface area contributed by atoms with Gasteiger partial charge in [-0.15, -0.1) is 0 Å². The number of hydrogen-bond acceptors (Lipinski definition) is 2. The van der Waals surface area contributed by atoms with E-state index in [1.54, 1.807) is 0 Å². The predicted octanol–water partition coefficient (Wildman–Crippen LogP) is 1.44. The first-order valence-corrected chi connectivity index (χ1v) is 6.31. The number of ether oxygens (including phenoxy) is 1. The van der Waals surface area contributed by atoms with Crippen LogP contribution >= 0.6 is 0 Å². The lowest BCUT2D eigenvalue weighted by atomic mass is 9.75. The second-order valence-corrected chi connectivity index (χ2v) is 4.93. The minimum Gasteiger partial charge on any atom is -0.376 e. The summed E-state index contributed by atoms with van der Waals surface area (Å²) in [5.74, 6) is 1.15. The van der Waals surface area contributed by atoms with Crippen molar-refractivity contribution < 1.29 is 9.13 Å². The van der Waals surface area contributed by atoms with Gasteiger partial charge in [0.15, 0.2) is 5.96 Å². The van der Waals surface area contributed by atoms with Crippen molar-refractivity contribution in [3.63, 3.8) is 0 Å². The van der Waals surface area contributed by atoms with Crippen molar-refractivity contribution in [2.45, 2.75) is 45.3 Å². The maximum atomic E-state index is 12.0. The number of guanidine groups is 1. The number of hydrogen-bond donors (Lipinski definition) is 2. The predicted molar refractivity (Wildman–Crippen MR) is 67.5 cm³/mol. The summed E-state index contributed by atoms with van der Waals surface area (Å²) in [5, 5.41) is 0. The third-order valence-electron chi connectivity index (χ3n) is 3.59. The molecule has 1 saturated carbocycles. The fourth-order valence-electron chi connectivity index (χ4n) is 2.78. The van der Waals surface area contributed by atoms with Gasteiger partial charge in [0.05, 0.1) is 18.8 Å². The van der Waals surface area contributed by atoms with Gasteiger partial charge < -0.3 is 16.2 Å². The molecule has 4 N–H and O–H groups in total. The number of aliphatic imine (C=N–C) groups is 1. The molecule has 0 aromatic heterocycles. The van der Waals surface area contributed by atoms with E-state index in [0.717, 1.165) is 19.3 Å². The first-order chi connectivity index (χ1) is 8.04. The van der Waals surface area contributed by atoms with E-state index in [-0.39, 0.29) is 24.7 Å². The zero-order valence-electron chi connectivity index (χ0n) is 10.7. The number of nitrogens with two attached hydrogens (primary N) is 2. The van der Waals surface area contributed by atoms with Crippen LogP contribution in [0.25, 0.3) is 0 Å². The molecule has 0 aliphatic heterocycles. The molecule has 0 saturated heterocycles. The Morgan fingerprint density at radius 3 is 2.71 bits per heavy atom. The van der Waals surface area contributed by atoms with Crippen molar-refractivity contribution in [1.29, 1.82) is 0 Å².